The molecule has 1 aromatic heterocycles. The molecule has 1 aliphatic heterocycles. The second-order valence-electron chi connectivity index (χ2n) is 5.79. The van der Waals surface area contributed by atoms with E-state index in [1.54, 1.807) is 23.6 Å². The summed E-state index contributed by atoms with van der Waals surface area (Å²) < 4.78 is 18.0. The first-order chi connectivity index (χ1) is 11.5. The van der Waals surface area contributed by atoms with Crippen molar-refractivity contribution in [2.45, 2.75) is 13.8 Å². The summed E-state index contributed by atoms with van der Waals surface area (Å²) in [6.07, 6.45) is 0. The maximum absolute atomic E-state index is 13.0. The number of halogens is 1. The normalized spacial score (nSPS) is 14.8. The Balaban J connectivity index is 1.64. The van der Waals surface area contributed by atoms with Gasteiger partial charge in [-0.25, -0.2) is 4.39 Å². The molecule has 7 heteroatoms. The van der Waals surface area contributed by atoms with E-state index in [9.17, 15) is 14.0 Å². The predicted molar refractivity (Wildman–Crippen MR) is 84.2 cm³/mol. The maximum atomic E-state index is 13.0. The van der Waals surface area contributed by atoms with Gasteiger partial charge >= 0.3 is 0 Å². The smallest absolute Gasteiger partial charge is 0.259 e. The number of piperazine rings is 1. The van der Waals surface area contributed by atoms with E-state index in [4.69, 9.17) is 4.52 Å². The van der Waals surface area contributed by atoms with Crippen LogP contribution in [0.15, 0.2) is 28.8 Å². The van der Waals surface area contributed by atoms with Gasteiger partial charge in [-0.15, -0.1) is 0 Å². The van der Waals surface area contributed by atoms with Crippen molar-refractivity contribution in [2.24, 2.45) is 0 Å². The first kappa shape index (κ1) is 16.2. The van der Waals surface area contributed by atoms with Crippen molar-refractivity contribution in [1.82, 2.24) is 15.0 Å². The number of amides is 2. The molecular weight excluding hydrogens is 313 g/mol. The number of carbonyl (C=O) groups is 2. The van der Waals surface area contributed by atoms with Crippen LogP contribution in [-0.4, -0.2) is 52.9 Å². The number of carbonyl (C=O) groups excluding carboxylic acids is 2. The Morgan fingerprint density at radius 3 is 2.04 bits per heavy atom. The van der Waals surface area contributed by atoms with E-state index in [1.807, 2.05) is 0 Å². The number of benzene rings is 1. The van der Waals surface area contributed by atoms with Gasteiger partial charge < -0.3 is 14.3 Å². The van der Waals surface area contributed by atoms with Gasteiger partial charge in [0, 0.05) is 31.7 Å². The Kier molecular flexibility index (Phi) is 4.33. The third kappa shape index (κ3) is 3.02. The van der Waals surface area contributed by atoms with Gasteiger partial charge in [0.1, 0.15) is 17.1 Å². The summed E-state index contributed by atoms with van der Waals surface area (Å²) >= 11 is 0. The molecule has 0 radical (unpaired) electrons. The standard InChI is InChI=1S/C17H18FN3O3/c1-11-15(12(2)24-19-11)17(23)21-9-7-20(8-10-21)16(22)13-3-5-14(18)6-4-13/h3-6H,7-10H2,1-2H3. The van der Waals surface area contributed by atoms with E-state index in [0.29, 0.717) is 48.8 Å². The van der Waals surface area contributed by atoms with E-state index >= 15 is 0 Å². The van der Waals surface area contributed by atoms with E-state index in [2.05, 4.69) is 5.16 Å². The Morgan fingerprint density at radius 2 is 1.54 bits per heavy atom. The highest BCUT2D eigenvalue weighted by atomic mass is 19.1. The quantitative estimate of drug-likeness (QED) is 0.844. The second-order valence-corrected chi connectivity index (χ2v) is 5.79. The Labute approximate surface area is 138 Å². The molecule has 0 atom stereocenters. The van der Waals surface area contributed by atoms with Gasteiger partial charge in [0.25, 0.3) is 11.8 Å². The summed E-state index contributed by atoms with van der Waals surface area (Å²) in [5.74, 6) is -0.150. The molecule has 2 heterocycles. The number of hydrogen-bond acceptors (Lipinski definition) is 4. The molecule has 2 aromatic rings. The summed E-state index contributed by atoms with van der Waals surface area (Å²) in [6.45, 7) is 5.20. The molecule has 1 fully saturated rings. The molecule has 1 saturated heterocycles. The number of rotatable bonds is 2. The van der Waals surface area contributed by atoms with Crippen molar-refractivity contribution in [1.29, 1.82) is 0 Å². The van der Waals surface area contributed by atoms with Crippen LogP contribution >= 0.6 is 0 Å². The van der Waals surface area contributed by atoms with Gasteiger partial charge in [-0.1, -0.05) is 5.16 Å². The summed E-state index contributed by atoms with van der Waals surface area (Å²) in [4.78, 5) is 28.3. The van der Waals surface area contributed by atoms with Crippen LogP contribution < -0.4 is 0 Å². The van der Waals surface area contributed by atoms with Gasteiger partial charge in [0.2, 0.25) is 0 Å². The third-order valence-corrected chi connectivity index (χ3v) is 4.19. The van der Waals surface area contributed by atoms with Crippen LogP contribution in [0.25, 0.3) is 0 Å². The molecule has 6 nitrogen and oxygen atoms in total. The topological polar surface area (TPSA) is 66.7 Å². The highest BCUT2D eigenvalue weighted by Gasteiger charge is 2.28. The molecule has 0 N–H and O–H groups in total. The van der Waals surface area contributed by atoms with Gasteiger partial charge in [0.15, 0.2) is 0 Å². The maximum Gasteiger partial charge on any atom is 0.259 e. The fourth-order valence-corrected chi connectivity index (χ4v) is 2.83. The fraction of sp³-hybridized carbons (Fsp3) is 0.353. The zero-order valence-electron chi connectivity index (χ0n) is 13.6. The van der Waals surface area contributed by atoms with Crippen LogP contribution in [0.2, 0.25) is 0 Å². The molecule has 1 aromatic carbocycles. The molecule has 3 rings (SSSR count). The zero-order chi connectivity index (χ0) is 17.3. The number of nitrogens with zero attached hydrogens (tertiary/aromatic N) is 3. The summed E-state index contributed by atoms with van der Waals surface area (Å²) in [7, 11) is 0. The van der Waals surface area contributed by atoms with Gasteiger partial charge in [-0.2, -0.15) is 0 Å². The summed E-state index contributed by atoms with van der Waals surface area (Å²) in [5, 5.41) is 3.80. The lowest BCUT2D eigenvalue weighted by Gasteiger charge is -2.34. The predicted octanol–water partition coefficient (Wildman–Crippen LogP) is 2.03. The summed E-state index contributed by atoms with van der Waals surface area (Å²) in [6, 6.07) is 5.48. The monoisotopic (exact) mass is 331 g/mol. The highest BCUT2D eigenvalue weighted by molar-refractivity contribution is 5.97. The van der Waals surface area contributed by atoms with Crippen LogP contribution in [0.4, 0.5) is 4.39 Å². The van der Waals surface area contributed by atoms with E-state index < -0.39 is 0 Å². The minimum Gasteiger partial charge on any atom is -0.361 e. The van der Waals surface area contributed by atoms with E-state index in [0.717, 1.165) is 0 Å². The van der Waals surface area contributed by atoms with Crippen molar-refractivity contribution < 1.29 is 18.5 Å². The van der Waals surface area contributed by atoms with Crippen molar-refractivity contribution in [2.75, 3.05) is 26.2 Å². The number of aryl methyl sites for hydroxylation is 2. The molecule has 2 amide bonds. The van der Waals surface area contributed by atoms with Gasteiger partial charge in [-0.05, 0) is 38.1 Å². The lowest BCUT2D eigenvalue weighted by molar-refractivity contribution is 0.0534. The molecule has 0 bridgehead atoms. The lowest BCUT2D eigenvalue weighted by atomic mass is 10.1. The van der Waals surface area contributed by atoms with Crippen LogP contribution in [0.5, 0.6) is 0 Å². The number of hydrogen-bond donors (Lipinski definition) is 0. The molecule has 0 aliphatic carbocycles. The fourth-order valence-electron chi connectivity index (χ4n) is 2.83. The molecule has 0 spiro atoms. The first-order valence-corrected chi connectivity index (χ1v) is 7.74. The first-order valence-electron chi connectivity index (χ1n) is 7.74. The average Bonchev–Trinajstić information content (AvgIpc) is 2.93. The van der Waals surface area contributed by atoms with Crippen LogP contribution in [0, 0.1) is 19.7 Å². The molecule has 24 heavy (non-hydrogen) atoms. The molecule has 126 valence electrons. The minimum atomic E-state index is -0.374. The highest BCUT2D eigenvalue weighted by Crippen LogP contribution is 2.17. The van der Waals surface area contributed by atoms with Crippen molar-refractivity contribution in [3.8, 4) is 0 Å². The SMILES string of the molecule is Cc1noc(C)c1C(=O)N1CCN(C(=O)c2ccc(F)cc2)CC1. The largest absolute Gasteiger partial charge is 0.361 e. The minimum absolute atomic E-state index is 0.125. The molecule has 0 saturated carbocycles. The van der Waals surface area contributed by atoms with Gasteiger partial charge in [-0.3, -0.25) is 9.59 Å². The molecular formula is C17H18FN3O3. The molecule has 0 unspecified atom stereocenters. The van der Waals surface area contributed by atoms with Crippen molar-refractivity contribution >= 4 is 11.8 Å². The van der Waals surface area contributed by atoms with Crippen LogP contribution in [0.3, 0.4) is 0 Å². The zero-order valence-corrected chi connectivity index (χ0v) is 13.6. The van der Waals surface area contributed by atoms with E-state index in [1.165, 1.54) is 24.3 Å². The van der Waals surface area contributed by atoms with Gasteiger partial charge in [0.05, 0.1) is 5.69 Å². The number of aromatic nitrogens is 1. The average molecular weight is 331 g/mol. The van der Waals surface area contributed by atoms with Crippen molar-refractivity contribution in [3.05, 3.63) is 52.7 Å². The Morgan fingerprint density at radius 1 is 1.00 bits per heavy atom. The van der Waals surface area contributed by atoms with Crippen LogP contribution in [0.1, 0.15) is 32.2 Å². The summed E-state index contributed by atoms with van der Waals surface area (Å²) in [5.41, 5.74) is 1.51. The lowest BCUT2D eigenvalue weighted by Crippen LogP contribution is -2.50. The van der Waals surface area contributed by atoms with E-state index in [-0.39, 0.29) is 17.6 Å². The Bertz CT molecular complexity index is 742. The third-order valence-electron chi connectivity index (χ3n) is 4.19. The van der Waals surface area contributed by atoms with Crippen molar-refractivity contribution in [3.63, 3.8) is 0 Å². The van der Waals surface area contributed by atoms with Crippen LogP contribution in [-0.2, 0) is 0 Å². The molecule has 1 aliphatic rings. The Hall–Kier alpha value is -2.70. The second kappa shape index (κ2) is 6.43.